The number of aromatic nitrogens is 2. The van der Waals surface area contributed by atoms with E-state index in [-0.39, 0.29) is 11.3 Å². The highest BCUT2D eigenvalue weighted by atomic mass is 19.1. The molecule has 0 aliphatic heterocycles. The van der Waals surface area contributed by atoms with Crippen molar-refractivity contribution in [2.45, 2.75) is 0 Å². The Hall–Kier alpha value is -2.56. The molecule has 3 nitrogen and oxygen atoms in total. The fourth-order valence-corrected chi connectivity index (χ4v) is 1.74. The van der Waals surface area contributed by atoms with E-state index >= 15 is 0 Å². The Labute approximate surface area is 107 Å². The summed E-state index contributed by atoms with van der Waals surface area (Å²) in [5.41, 5.74) is 1.48. The molecule has 0 bridgehead atoms. The minimum atomic E-state index is -0.686. The number of hydrogen-bond donors (Lipinski definition) is 0. The van der Waals surface area contributed by atoms with Crippen molar-refractivity contribution < 1.29 is 13.3 Å². The summed E-state index contributed by atoms with van der Waals surface area (Å²) in [5, 5.41) is 3.85. The molecule has 3 rings (SSSR count). The van der Waals surface area contributed by atoms with Gasteiger partial charge in [0.2, 0.25) is 0 Å². The highest BCUT2D eigenvalue weighted by molar-refractivity contribution is 5.66. The first-order valence-corrected chi connectivity index (χ1v) is 5.56. The Morgan fingerprint density at radius 3 is 2.68 bits per heavy atom. The smallest absolute Gasteiger partial charge is 0.170 e. The van der Waals surface area contributed by atoms with Crippen molar-refractivity contribution in [3.8, 4) is 22.6 Å². The summed E-state index contributed by atoms with van der Waals surface area (Å²) in [6, 6.07) is 8.47. The van der Waals surface area contributed by atoms with Crippen LogP contribution in [0.1, 0.15) is 0 Å². The molecule has 0 aliphatic carbocycles. The summed E-state index contributed by atoms with van der Waals surface area (Å²) in [4.78, 5) is 3.97. The molecule has 0 spiro atoms. The van der Waals surface area contributed by atoms with E-state index < -0.39 is 11.6 Å². The molecule has 3 aromatic rings. The van der Waals surface area contributed by atoms with Crippen molar-refractivity contribution in [2.75, 3.05) is 0 Å². The summed E-state index contributed by atoms with van der Waals surface area (Å²) < 4.78 is 31.5. The van der Waals surface area contributed by atoms with E-state index in [1.807, 2.05) is 6.07 Å². The van der Waals surface area contributed by atoms with Crippen LogP contribution in [0.4, 0.5) is 8.78 Å². The lowest BCUT2D eigenvalue weighted by Gasteiger charge is -1.97. The third-order valence-corrected chi connectivity index (χ3v) is 2.66. The molecule has 0 atom stereocenters. The van der Waals surface area contributed by atoms with E-state index in [0.717, 1.165) is 11.6 Å². The lowest BCUT2D eigenvalue weighted by Crippen LogP contribution is -1.84. The summed E-state index contributed by atoms with van der Waals surface area (Å²) >= 11 is 0. The molecule has 0 saturated carbocycles. The van der Waals surface area contributed by atoms with Crippen molar-refractivity contribution in [3.05, 3.63) is 60.4 Å². The number of halogens is 2. The van der Waals surface area contributed by atoms with Gasteiger partial charge in [-0.15, -0.1) is 0 Å². The third-order valence-electron chi connectivity index (χ3n) is 2.66. The second kappa shape index (κ2) is 4.61. The molecule has 94 valence electrons. The van der Waals surface area contributed by atoms with Gasteiger partial charge >= 0.3 is 0 Å². The quantitative estimate of drug-likeness (QED) is 0.703. The summed E-state index contributed by atoms with van der Waals surface area (Å²) in [6.45, 7) is 0. The topological polar surface area (TPSA) is 38.9 Å². The molecule has 0 fully saturated rings. The largest absolute Gasteiger partial charge is 0.356 e. The first-order valence-electron chi connectivity index (χ1n) is 5.56. The van der Waals surface area contributed by atoms with Crippen LogP contribution in [0.5, 0.6) is 0 Å². The van der Waals surface area contributed by atoms with Gasteiger partial charge in [0.05, 0.1) is 5.56 Å². The second-order valence-corrected chi connectivity index (χ2v) is 3.94. The van der Waals surface area contributed by atoms with Gasteiger partial charge in [-0.05, 0) is 24.3 Å². The fourth-order valence-electron chi connectivity index (χ4n) is 1.74. The zero-order chi connectivity index (χ0) is 13.2. The molecule has 2 heterocycles. The standard InChI is InChI=1S/C14H8F2N2O/c15-10-3-4-11(12(16)6-10)14-7-13(18-19-14)9-2-1-5-17-8-9/h1-8H. The maximum atomic E-state index is 13.6. The zero-order valence-electron chi connectivity index (χ0n) is 9.68. The van der Waals surface area contributed by atoms with Crippen molar-refractivity contribution in [1.29, 1.82) is 0 Å². The Morgan fingerprint density at radius 2 is 1.95 bits per heavy atom. The molecule has 0 unspecified atom stereocenters. The van der Waals surface area contributed by atoms with Gasteiger partial charge in [-0.2, -0.15) is 0 Å². The third kappa shape index (κ3) is 2.22. The first kappa shape index (κ1) is 11.5. The first-order chi connectivity index (χ1) is 9.24. The van der Waals surface area contributed by atoms with E-state index in [9.17, 15) is 8.78 Å². The van der Waals surface area contributed by atoms with E-state index in [4.69, 9.17) is 4.52 Å². The number of hydrogen-bond acceptors (Lipinski definition) is 3. The fraction of sp³-hybridized carbons (Fsp3) is 0. The van der Waals surface area contributed by atoms with Crippen LogP contribution in [0, 0.1) is 11.6 Å². The van der Waals surface area contributed by atoms with Gasteiger partial charge in [0.25, 0.3) is 0 Å². The molecular formula is C14H8F2N2O. The lowest BCUT2D eigenvalue weighted by molar-refractivity contribution is 0.432. The molecule has 19 heavy (non-hydrogen) atoms. The monoisotopic (exact) mass is 258 g/mol. The maximum Gasteiger partial charge on any atom is 0.170 e. The van der Waals surface area contributed by atoms with Crippen LogP contribution in [-0.4, -0.2) is 10.1 Å². The second-order valence-electron chi connectivity index (χ2n) is 3.94. The molecule has 0 aliphatic rings. The summed E-state index contributed by atoms with van der Waals surface area (Å²) in [7, 11) is 0. The van der Waals surface area contributed by atoms with Crippen molar-refractivity contribution in [2.24, 2.45) is 0 Å². The van der Waals surface area contributed by atoms with Crippen LogP contribution in [0.25, 0.3) is 22.6 Å². The van der Waals surface area contributed by atoms with Crippen molar-refractivity contribution in [1.82, 2.24) is 10.1 Å². The van der Waals surface area contributed by atoms with Gasteiger partial charge in [-0.1, -0.05) is 5.16 Å². The average molecular weight is 258 g/mol. The number of benzene rings is 1. The molecule has 0 N–H and O–H groups in total. The van der Waals surface area contributed by atoms with Crippen LogP contribution >= 0.6 is 0 Å². The minimum Gasteiger partial charge on any atom is -0.356 e. The van der Waals surface area contributed by atoms with Gasteiger partial charge < -0.3 is 4.52 Å². The highest BCUT2D eigenvalue weighted by Crippen LogP contribution is 2.27. The van der Waals surface area contributed by atoms with E-state index in [1.165, 1.54) is 12.1 Å². The Balaban J connectivity index is 2.02. The van der Waals surface area contributed by atoms with Crippen LogP contribution in [0.2, 0.25) is 0 Å². The molecule has 1 aromatic carbocycles. The van der Waals surface area contributed by atoms with Gasteiger partial charge in [-0.25, -0.2) is 8.78 Å². The summed E-state index contributed by atoms with van der Waals surface area (Å²) in [6.07, 6.45) is 3.27. The Bertz CT molecular complexity index is 710. The van der Waals surface area contributed by atoms with Crippen LogP contribution in [0.15, 0.2) is 53.3 Å². The molecule has 2 aromatic heterocycles. The average Bonchev–Trinajstić information content (AvgIpc) is 2.89. The van der Waals surface area contributed by atoms with Gasteiger partial charge in [0, 0.05) is 30.1 Å². The maximum absolute atomic E-state index is 13.6. The van der Waals surface area contributed by atoms with Crippen LogP contribution in [-0.2, 0) is 0 Å². The molecular weight excluding hydrogens is 250 g/mol. The van der Waals surface area contributed by atoms with E-state index in [0.29, 0.717) is 5.69 Å². The normalized spacial score (nSPS) is 10.6. The van der Waals surface area contributed by atoms with Gasteiger partial charge in [0.1, 0.15) is 17.3 Å². The SMILES string of the molecule is Fc1ccc(-c2cc(-c3cccnc3)no2)c(F)c1. The van der Waals surface area contributed by atoms with Crippen molar-refractivity contribution >= 4 is 0 Å². The van der Waals surface area contributed by atoms with Crippen LogP contribution < -0.4 is 0 Å². The van der Waals surface area contributed by atoms with E-state index in [1.54, 1.807) is 24.5 Å². The zero-order valence-corrected chi connectivity index (χ0v) is 9.68. The Kier molecular flexibility index (Phi) is 2.79. The van der Waals surface area contributed by atoms with Gasteiger partial charge in [-0.3, -0.25) is 4.98 Å². The van der Waals surface area contributed by atoms with E-state index in [2.05, 4.69) is 10.1 Å². The number of nitrogens with zero attached hydrogens (tertiary/aromatic N) is 2. The van der Waals surface area contributed by atoms with Crippen molar-refractivity contribution in [3.63, 3.8) is 0 Å². The highest BCUT2D eigenvalue weighted by Gasteiger charge is 2.13. The predicted molar refractivity (Wildman–Crippen MR) is 65.1 cm³/mol. The van der Waals surface area contributed by atoms with Gasteiger partial charge in [0.15, 0.2) is 5.76 Å². The van der Waals surface area contributed by atoms with Crippen LogP contribution in [0.3, 0.4) is 0 Å². The Morgan fingerprint density at radius 1 is 1.05 bits per heavy atom. The predicted octanol–water partition coefficient (Wildman–Crippen LogP) is 3.68. The molecule has 0 radical (unpaired) electrons. The lowest BCUT2D eigenvalue weighted by atomic mass is 10.1. The molecule has 0 amide bonds. The minimum absolute atomic E-state index is 0.170. The number of rotatable bonds is 2. The molecule has 0 saturated heterocycles. The summed E-state index contributed by atoms with van der Waals surface area (Å²) in [5.74, 6) is -1.07. The number of pyridine rings is 1. The molecule has 5 heteroatoms.